The maximum absolute atomic E-state index is 6.57. The minimum atomic E-state index is -0.298. The number of aliphatic imine (C=N–C) groups is 1. The third kappa shape index (κ3) is 3.60. The van der Waals surface area contributed by atoms with Crippen molar-refractivity contribution < 1.29 is 4.74 Å². The Morgan fingerprint density at radius 1 is 1.19 bits per heavy atom. The van der Waals surface area contributed by atoms with Crippen LogP contribution in [0.25, 0.3) is 27.9 Å². The lowest BCUT2D eigenvalue weighted by atomic mass is 9.82. The topological polar surface area (TPSA) is 83.4 Å². The molecule has 1 saturated heterocycles. The van der Waals surface area contributed by atoms with Crippen molar-refractivity contribution in [2.75, 3.05) is 32.1 Å². The van der Waals surface area contributed by atoms with Crippen molar-refractivity contribution in [3.8, 4) is 11.3 Å². The summed E-state index contributed by atoms with van der Waals surface area (Å²) >= 11 is 0. The first-order chi connectivity index (χ1) is 17.6. The number of H-pyrrole nitrogens is 1. The van der Waals surface area contributed by atoms with Crippen LogP contribution in [0.4, 0.5) is 5.69 Å². The van der Waals surface area contributed by atoms with E-state index in [4.69, 9.17) is 9.72 Å². The number of nitrogens with zero attached hydrogens (tertiary/aromatic N) is 5. The Morgan fingerprint density at radius 2 is 2.00 bits per heavy atom. The van der Waals surface area contributed by atoms with Gasteiger partial charge in [0.2, 0.25) is 0 Å². The van der Waals surface area contributed by atoms with Crippen molar-refractivity contribution >= 4 is 28.5 Å². The molecule has 1 spiro atoms. The summed E-state index contributed by atoms with van der Waals surface area (Å²) in [5.41, 5.74) is 8.58. The van der Waals surface area contributed by atoms with Gasteiger partial charge in [0, 0.05) is 80.5 Å². The molecule has 184 valence electrons. The van der Waals surface area contributed by atoms with Gasteiger partial charge in [-0.05, 0) is 18.9 Å². The number of anilines is 1. The van der Waals surface area contributed by atoms with E-state index in [1.807, 2.05) is 49.7 Å². The summed E-state index contributed by atoms with van der Waals surface area (Å²) in [6.45, 7) is 2.41. The Kier molecular flexibility index (Phi) is 5.60. The van der Waals surface area contributed by atoms with Crippen molar-refractivity contribution in [3.05, 3.63) is 71.8 Å². The number of aromatic amines is 1. The van der Waals surface area contributed by atoms with E-state index in [0.717, 1.165) is 53.9 Å². The Balaban J connectivity index is 1.33. The highest BCUT2D eigenvalue weighted by Gasteiger charge is 2.44. The Morgan fingerprint density at radius 3 is 2.75 bits per heavy atom. The normalized spacial score (nSPS) is 17.4. The van der Waals surface area contributed by atoms with Crippen LogP contribution in [0.15, 0.2) is 60.0 Å². The molecule has 2 N–H and O–H groups in total. The number of benzene rings is 1. The molecule has 0 atom stereocenters. The number of pyridine rings is 1. The molecule has 8 nitrogen and oxygen atoms in total. The molecule has 0 saturated carbocycles. The summed E-state index contributed by atoms with van der Waals surface area (Å²) in [5, 5.41) is 8.85. The van der Waals surface area contributed by atoms with Gasteiger partial charge in [0.1, 0.15) is 5.65 Å². The zero-order chi connectivity index (χ0) is 24.7. The molecular weight excluding hydrogens is 450 g/mol. The Labute approximate surface area is 210 Å². The lowest BCUT2D eigenvalue weighted by molar-refractivity contribution is -0.0543. The minimum Gasteiger partial charge on any atom is -0.393 e. The number of nitrogens with one attached hydrogen (secondary N) is 2. The fraction of sp³-hybridized carbons (Fsp3) is 0.321. The SMILES string of the molecule is CN=C/C(=C\NC)c1cc2c3c(cnc2[nH]1)COC31CCN(c2cnn(C)c2-c2ccccc2)CC1. The van der Waals surface area contributed by atoms with Gasteiger partial charge in [-0.3, -0.25) is 9.67 Å². The average Bonchev–Trinajstić information content (AvgIpc) is 3.60. The summed E-state index contributed by atoms with van der Waals surface area (Å²) in [7, 11) is 5.69. The first kappa shape index (κ1) is 22.5. The molecule has 1 fully saturated rings. The lowest BCUT2D eigenvalue weighted by Gasteiger charge is -2.40. The van der Waals surface area contributed by atoms with Crippen LogP contribution in [0.1, 0.15) is 29.7 Å². The van der Waals surface area contributed by atoms with E-state index in [0.29, 0.717) is 6.61 Å². The number of rotatable bonds is 5. The first-order valence-electron chi connectivity index (χ1n) is 12.4. The van der Waals surface area contributed by atoms with Gasteiger partial charge >= 0.3 is 0 Å². The van der Waals surface area contributed by atoms with E-state index in [1.165, 1.54) is 22.4 Å². The van der Waals surface area contributed by atoms with Gasteiger partial charge < -0.3 is 19.9 Å². The predicted molar refractivity (Wildman–Crippen MR) is 144 cm³/mol. The Bertz CT molecular complexity index is 1460. The van der Waals surface area contributed by atoms with Gasteiger partial charge in [0.15, 0.2) is 0 Å². The third-order valence-corrected chi connectivity index (χ3v) is 7.45. The number of aromatic nitrogens is 4. The molecular formula is C28H31N7O. The highest BCUT2D eigenvalue weighted by Crippen LogP contribution is 2.48. The second kappa shape index (κ2) is 8.95. The van der Waals surface area contributed by atoms with Gasteiger partial charge in [-0.25, -0.2) is 4.98 Å². The number of allylic oxidation sites excluding steroid dienone is 1. The largest absolute Gasteiger partial charge is 0.393 e. The van der Waals surface area contributed by atoms with E-state index in [2.05, 4.69) is 55.6 Å². The van der Waals surface area contributed by atoms with Gasteiger partial charge in [-0.15, -0.1) is 0 Å². The zero-order valence-electron chi connectivity index (χ0n) is 21.0. The highest BCUT2D eigenvalue weighted by atomic mass is 16.5. The molecule has 2 aliphatic rings. The minimum absolute atomic E-state index is 0.298. The fourth-order valence-corrected chi connectivity index (χ4v) is 5.78. The van der Waals surface area contributed by atoms with Crippen LogP contribution in [0.5, 0.6) is 0 Å². The van der Waals surface area contributed by atoms with Crippen molar-refractivity contribution in [1.29, 1.82) is 0 Å². The maximum atomic E-state index is 6.57. The third-order valence-electron chi connectivity index (χ3n) is 7.45. The summed E-state index contributed by atoms with van der Waals surface area (Å²) in [5.74, 6) is 0. The number of aryl methyl sites for hydroxylation is 1. The number of piperidine rings is 1. The van der Waals surface area contributed by atoms with Crippen molar-refractivity contribution in [3.63, 3.8) is 0 Å². The van der Waals surface area contributed by atoms with Crippen molar-refractivity contribution in [2.24, 2.45) is 12.0 Å². The highest BCUT2D eigenvalue weighted by molar-refractivity contribution is 6.10. The van der Waals surface area contributed by atoms with Gasteiger partial charge in [0.05, 0.1) is 35.5 Å². The molecule has 8 heteroatoms. The molecule has 36 heavy (non-hydrogen) atoms. The fourth-order valence-electron chi connectivity index (χ4n) is 5.78. The second-order valence-corrected chi connectivity index (χ2v) is 9.52. The molecule has 0 aliphatic carbocycles. The molecule has 0 amide bonds. The lowest BCUT2D eigenvalue weighted by Crippen LogP contribution is -2.42. The summed E-state index contributed by atoms with van der Waals surface area (Å²) in [4.78, 5) is 14.9. The molecule has 0 unspecified atom stereocenters. The summed E-state index contributed by atoms with van der Waals surface area (Å²) in [6.07, 6.45) is 9.60. The smallest absolute Gasteiger partial charge is 0.138 e. The molecule has 2 aliphatic heterocycles. The molecule has 0 bridgehead atoms. The molecule has 6 rings (SSSR count). The van der Waals surface area contributed by atoms with Gasteiger partial charge in [-0.1, -0.05) is 30.3 Å². The van der Waals surface area contributed by atoms with E-state index >= 15 is 0 Å². The van der Waals surface area contributed by atoms with E-state index in [1.54, 1.807) is 7.05 Å². The van der Waals surface area contributed by atoms with Crippen LogP contribution >= 0.6 is 0 Å². The summed E-state index contributed by atoms with van der Waals surface area (Å²) in [6, 6.07) is 12.7. The number of hydrogen-bond donors (Lipinski definition) is 2. The molecule has 4 aromatic rings. The zero-order valence-corrected chi connectivity index (χ0v) is 21.0. The average molecular weight is 482 g/mol. The van der Waals surface area contributed by atoms with Crippen molar-refractivity contribution in [1.82, 2.24) is 25.1 Å². The van der Waals surface area contributed by atoms with Crippen LogP contribution in [0.2, 0.25) is 0 Å². The van der Waals surface area contributed by atoms with Crippen LogP contribution in [0.3, 0.4) is 0 Å². The van der Waals surface area contributed by atoms with Crippen LogP contribution in [-0.2, 0) is 24.0 Å². The summed E-state index contributed by atoms with van der Waals surface area (Å²) < 4.78 is 8.55. The Hall–Kier alpha value is -3.91. The maximum Gasteiger partial charge on any atom is 0.138 e. The van der Waals surface area contributed by atoms with Crippen molar-refractivity contribution in [2.45, 2.75) is 25.0 Å². The van der Waals surface area contributed by atoms with E-state index in [9.17, 15) is 0 Å². The number of ether oxygens (including phenoxy) is 1. The monoisotopic (exact) mass is 481 g/mol. The van der Waals surface area contributed by atoms with Crippen LogP contribution in [-0.4, -0.2) is 53.1 Å². The number of hydrogen-bond acceptors (Lipinski definition) is 6. The first-order valence-corrected chi connectivity index (χ1v) is 12.4. The second-order valence-electron chi connectivity index (χ2n) is 9.52. The van der Waals surface area contributed by atoms with Gasteiger partial charge in [0.25, 0.3) is 0 Å². The van der Waals surface area contributed by atoms with E-state index in [-0.39, 0.29) is 5.60 Å². The van der Waals surface area contributed by atoms with Crippen LogP contribution < -0.4 is 10.2 Å². The molecule has 5 heterocycles. The molecule has 3 aromatic heterocycles. The molecule has 1 aromatic carbocycles. The van der Waals surface area contributed by atoms with Crippen LogP contribution in [0, 0.1) is 0 Å². The van der Waals surface area contributed by atoms with E-state index < -0.39 is 0 Å². The number of fused-ring (bicyclic) bond motifs is 4. The van der Waals surface area contributed by atoms with Gasteiger partial charge in [-0.2, -0.15) is 5.10 Å². The quantitative estimate of drug-likeness (QED) is 0.417. The predicted octanol–water partition coefficient (Wildman–Crippen LogP) is 4.25. The standard InChI is InChI=1S/C28H31N7O/c1-29-14-20(15-30-2)23-13-22-25-21(16-31-27(22)33-23)18-36-28(25)9-11-35(12-10-28)24-17-32-34(3)26(24)19-7-5-4-6-8-19/h4-8,13-17,29H,9-12,18H2,1-3H3,(H,31,33)/b20-14+,30-15?. The molecule has 0 radical (unpaired) electrons.